The molecule has 0 aliphatic heterocycles. The molecule has 1 aromatic heterocycles. The van der Waals surface area contributed by atoms with E-state index < -0.39 is 0 Å². The summed E-state index contributed by atoms with van der Waals surface area (Å²) >= 11 is 0. The minimum Gasteiger partial charge on any atom is -0.381 e. The van der Waals surface area contributed by atoms with Crippen LogP contribution < -0.4 is 10.6 Å². The van der Waals surface area contributed by atoms with Crippen molar-refractivity contribution in [3.63, 3.8) is 0 Å². The van der Waals surface area contributed by atoms with Crippen LogP contribution in [-0.4, -0.2) is 30.3 Å². The van der Waals surface area contributed by atoms with Gasteiger partial charge in [-0.25, -0.2) is 4.79 Å². The van der Waals surface area contributed by atoms with Gasteiger partial charge < -0.3 is 15.4 Å². The van der Waals surface area contributed by atoms with Crippen LogP contribution in [0.1, 0.15) is 24.8 Å². The molecule has 2 N–H and O–H groups in total. The van der Waals surface area contributed by atoms with Crippen LogP contribution in [0.3, 0.4) is 0 Å². The second-order valence-electron chi connectivity index (χ2n) is 5.73. The number of rotatable bonds is 4. The standard InChI is InChI=1S/C17H21N3O2/c1-22-15-6-5-14(10-15)20-17(21)19-11-12-4-7-16-13(9-12)3-2-8-18-16/h2-4,7-9,14-15H,5-6,10-11H2,1H3,(H2,19,20,21)/t14-,15+/m0/s1. The molecule has 1 heterocycles. The Labute approximate surface area is 130 Å². The van der Waals surface area contributed by atoms with E-state index in [4.69, 9.17) is 4.74 Å². The fraction of sp³-hybridized carbons (Fsp3) is 0.412. The molecular formula is C17H21N3O2. The lowest BCUT2D eigenvalue weighted by Gasteiger charge is -2.14. The van der Waals surface area contributed by atoms with Gasteiger partial charge in [-0.05, 0) is 43.0 Å². The molecular weight excluding hydrogens is 278 g/mol. The van der Waals surface area contributed by atoms with Gasteiger partial charge in [0, 0.05) is 31.3 Å². The summed E-state index contributed by atoms with van der Waals surface area (Å²) in [5.74, 6) is 0. The van der Waals surface area contributed by atoms with Crippen molar-refractivity contribution in [3.8, 4) is 0 Å². The zero-order valence-corrected chi connectivity index (χ0v) is 12.7. The maximum Gasteiger partial charge on any atom is 0.315 e. The number of urea groups is 1. The summed E-state index contributed by atoms with van der Waals surface area (Å²) < 4.78 is 5.32. The van der Waals surface area contributed by atoms with E-state index in [1.54, 1.807) is 13.3 Å². The van der Waals surface area contributed by atoms with E-state index in [2.05, 4.69) is 21.7 Å². The molecule has 0 saturated heterocycles. The van der Waals surface area contributed by atoms with Crippen molar-refractivity contribution in [2.75, 3.05) is 7.11 Å². The van der Waals surface area contributed by atoms with Gasteiger partial charge in [0.25, 0.3) is 0 Å². The van der Waals surface area contributed by atoms with Gasteiger partial charge in [0.1, 0.15) is 0 Å². The van der Waals surface area contributed by atoms with Crippen molar-refractivity contribution in [2.24, 2.45) is 0 Å². The highest BCUT2D eigenvalue weighted by Crippen LogP contribution is 2.21. The summed E-state index contributed by atoms with van der Waals surface area (Å²) in [7, 11) is 1.72. The molecule has 22 heavy (non-hydrogen) atoms. The highest BCUT2D eigenvalue weighted by molar-refractivity contribution is 5.79. The van der Waals surface area contributed by atoms with E-state index in [9.17, 15) is 4.79 Å². The Hall–Kier alpha value is -2.14. The minimum absolute atomic E-state index is 0.118. The van der Waals surface area contributed by atoms with Crippen LogP contribution in [0.4, 0.5) is 4.79 Å². The molecule has 2 atom stereocenters. The Bertz CT molecular complexity index is 659. The molecule has 1 fully saturated rings. The normalized spacial score (nSPS) is 21.0. The second-order valence-corrected chi connectivity index (χ2v) is 5.73. The predicted octanol–water partition coefficient (Wildman–Crippen LogP) is 2.60. The first kappa shape index (κ1) is 14.8. The van der Waals surface area contributed by atoms with Crippen molar-refractivity contribution in [2.45, 2.75) is 38.0 Å². The number of aromatic nitrogens is 1. The number of methoxy groups -OCH3 is 1. The van der Waals surface area contributed by atoms with E-state index >= 15 is 0 Å². The van der Waals surface area contributed by atoms with Crippen LogP contribution in [0, 0.1) is 0 Å². The first-order valence-corrected chi connectivity index (χ1v) is 7.65. The topological polar surface area (TPSA) is 63.2 Å². The Kier molecular flexibility index (Phi) is 4.53. The Balaban J connectivity index is 1.51. The summed E-state index contributed by atoms with van der Waals surface area (Å²) in [4.78, 5) is 16.2. The largest absolute Gasteiger partial charge is 0.381 e. The molecule has 5 heteroatoms. The Morgan fingerprint density at radius 3 is 3.09 bits per heavy atom. The van der Waals surface area contributed by atoms with E-state index in [1.165, 1.54) is 0 Å². The summed E-state index contributed by atoms with van der Waals surface area (Å²) in [5, 5.41) is 7.00. The van der Waals surface area contributed by atoms with Crippen LogP contribution in [0.25, 0.3) is 10.9 Å². The number of benzene rings is 1. The fourth-order valence-corrected chi connectivity index (χ4v) is 2.94. The SMILES string of the molecule is CO[C@@H]1CC[C@H](NC(=O)NCc2ccc3ncccc3c2)C1. The molecule has 0 unspecified atom stereocenters. The van der Waals surface area contributed by atoms with Crippen LogP contribution >= 0.6 is 0 Å². The molecule has 1 aliphatic rings. The summed E-state index contributed by atoms with van der Waals surface area (Å²) in [6.45, 7) is 0.511. The molecule has 1 aliphatic carbocycles. The Morgan fingerprint density at radius 2 is 2.27 bits per heavy atom. The van der Waals surface area contributed by atoms with Crippen LogP contribution in [0.15, 0.2) is 36.5 Å². The monoisotopic (exact) mass is 299 g/mol. The molecule has 116 valence electrons. The van der Waals surface area contributed by atoms with Gasteiger partial charge in [-0.15, -0.1) is 0 Å². The maximum absolute atomic E-state index is 12.0. The number of pyridine rings is 1. The number of nitrogens with one attached hydrogen (secondary N) is 2. The second kappa shape index (κ2) is 6.75. The number of amides is 2. The lowest BCUT2D eigenvalue weighted by atomic mass is 10.1. The lowest BCUT2D eigenvalue weighted by Crippen LogP contribution is -2.40. The summed E-state index contributed by atoms with van der Waals surface area (Å²) in [6, 6.07) is 10.1. The minimum atomic E-state index is -0.118. The average Bonchev–Trinajstić information content (AvgIpc) is 3.00. The van der Waals surface area contributed by atoms with Crippen molar-refractivity contribution in [1.82, 2.24) is 15.6 Å². The van der Waals surface area contributed by atoms with Gasteiger partial charge in [-0.3, -0.25) is 4.98 Å². The van der Waals surface area contributed by atoms with Gasteiger partial charge in [-0.2, -0.15) is 0 Å². The van der Waals surface area contributed by atoms with Crippen molar-refractivity contribution < 1.29 is 9.53 Å². The molecule has 1 aromatic carbocycles. The predicted molar refractivity (Wildman–Crippen MR) is 85.6 cm³/mol. The van der Waals surface area contributed by atoms with Crippen LogP contribution in [-0.2, 0) is 11.3 Å². The molecule has 5 nitrogen and oxygen atoms in total. The number of ether oxygens (including phenoxy) is 1. The van der Waals surface area contributed by atoms with Gasteiger partial charge in [0.2, 0.25) is 0 Å². The fourth-order valence-electron chi connectivity index (χ4n) is 2.94. The first-order valence-electron chi connectivity index (χ1n) is 7.65. The number of carbonyl (C=O) groups is 1. The van der Waals surface area contributed by atoms with E-state index in [1.807, 2.05) is 24.3 Å². The first-order chi connectivity index (χ1) is 10.7. The molecule has 0 spiro atoms. The molecule has 2 aromatic rings. The highest BCUT2D eigenvalue weighted by atomic mass is 16.5. The molecule has 0 bridgehead atoms. The molecule has 1 saturated carbocycles. The number of hydrogen-bond donors (Lipinski definition) is 2. The van der Waals surface area contributed by atoms with Crippen molar-refractivity contribution in [3.05, 3.63) is 42.1 Å². The zero-order chi connectivity index (χ0) is 15.4. The van der Waals surface area contributed by atoms with Crippen molar-refractivity contribution in [1.29, 1.82) is 0 Å². The van der Waals surface area contributed by atoms with Gasteiger partial charge in [0.05, 0.1) is 11.6 Å². The molecule has 0 radical (unpaired) electrons. The van der Waals surface area contributed by atoms with E-state index in [-0.39, 0.29) is 18.2 Å². The van der Waals surface area contributed by atoms with Gasteiger partial charge in [0.15, 0.2) is 0 Å². The number of hydrogen-bond acceptors (Lipinski definition) is 3. The third-order valence-corrected chi connectivity index (χ3v) is 4.17. The Morgan fingerprint density at radius 1 is 1.36 bits per heavy atom. The van der Waals surface area contributed by atoms with Gasteiger partial charge >= 0.3 is 6.03 Å². The smallest absolute Gasteiger partial charge is 0.315 e. The molecule has 3 rings (SSSR count). The van der Waals surface area contributed by atoms with Crippen LogP contribution in [0.2, 0.25) is 0 Å². The van der Waals surface area contributed by atoms with Gasteiger partial charge in [-0.1, -0.05) is 12.1 Å². The number of nitrogens with zero attached hydrogens (tertiary/aromatic N) is 1. The van der Waals surface area contributed by atoms with E-state index in [0.717, 1.165) is 35.7 Å². The quantitative estimate of drug-likeness (QED) is 0.912. The average molecular weight is 299 g/mol. The number of fused-ring (bicyclic) bond motifs is 1. The third-order valence-electron chi connectivity index (χ3n) is 4.17. The zero-order valence-electron chi connectivity index (χ0n) is 12.7. The van der Waals surface area contributed by atoms with E-state index in [0.29, 0.717) is 6.54 Å². The summed E-state index contributed by atoms with van der Waals surface area (Å²) in [6.07, 6.45) is 4.94. The maximum atomic E-state index is 12.0. The highest BCUT2D eigenvalue weighted by Gasteiger charge is 2.25. The molecule has 2 amide bonds. The van der Waals surface area contributed by atoms with Crippen LogP contribution in [0.5, 0.6) is 0 Å². The lowest BCUT2D eigenvalue weighted by molar-refractivity contribution is 0.107. The van der Waals surface area contributed by atoms with Crippen molar-refractivity contribution >= 4 is 16.9 Å². The summed E-state index contributed by atoms with van der Waals surface area (Å²) in [5.41, 5.74) is 2.03. The number of carbonyl (C=O) groups excluding carboxylic acids is 1. The third kappa shape index (κ3) is 3.54.